The van der Waals surface area contributed by atoms with Gasteiger partial charge in [0.2, 0.25) is 11.8 Å². The average Bonchev–Trinajstić information content (AvgIpc) is 2.53. The van der Waals surface area contributed by atoms with Crippen LogP contribution in [0.2, 0.25) is 0 Å². The third kappa shape index (κ3) is 4.19. The monoisotopic (exact) mass is 331 g/mol. The molecular formula is C16H17N3O5. The lowest BCUT2D eigenvalue weighted by molar-refractivity contribution is -0.118. The zero-order chi connectivity index (χ0) is 17.7. The first kappa shape index (κ1) is 17.2. The van der Waals surface area contributed by atoms with Crippen molar-refractivity contribution < 1.29 is 18.8 Å². The van der Waals surface area contributed by atoms with Crippen LogP contribution in [0, 0.1) is 0 Å². The maximum Gasteiger partial charge on any atom is 0.346 e. The van der Waals surface area contributed by atoms with E-state index in [1.165, 1.54) is 6.07 Å². The number of carbonyl (C=O) groups excluding carboxylic acids is 3. The molecule has 1 aromatic carbocycles. The summed E-state index contributed by atoms with van der Waals surface area (Å²) < 4.78 is 5.13. The molecule has 24 heavy (non-hydrogen) atoms. The number of hydrogen-bond acceptors (Lipinski definition) is 6. The highest BCUT2D eigenvalue weighted by Gasteiger charge is 2.12. The van der Waals surface area contributed by atoms with Crippen LogP contribution in [-0.4, -0.2) is 31.2 Å². The number of aldehydes is 1. The summed E-state index contributed by atoms with van der Waals surface area (Å²) in [6.07, 6.45) is 0.640. The summed E-state index contributed by atoms with van der Waals surface area (Å²) in [5.74, 6) is -0.941. The number of primary amides is 2. The number of fused-ring (bicyclic) bond motifs is 1. The Hall–Kier alpha value is -3.16. The first-order valence-electron chi connectivity index (χ1n) is 7.25. The summed E-state index contributed by atoms with van der Waals surface area (Å²) in [6.45, 7) is 0.593. The van der Waals surface area contributed by atoms with Crippen LogP contribution < -0.4 is 22.0 Å². The predicted molar refractivity (Wildman–Crippen MR) is 87.7 cm³/mol. The largest absolute Gasteiger partial charge is 0.422 e. The Morgan fingerprint density at radius 1 is 1.08 bits per heavy atom. The van der Waals surface area contributed by atoms with Gasteiger partial charge in [-0.25, -0.2) is 4.79 Å². The maximum absolute atomic E-state index is 11.6. The minimum absolute atomic E-state index is 0.0606. The summed E-state index contributed by atoms with van der Waals surface area (Å²) in [7, 11) is 0. The number of carbonyl (C=O) groups is 3. The molecule has 8 heteroatoms. The Kier molecular flexibility index (Phi) is 5.31. The number of anilines is 1. The molecule has 4 N–H and O–H groups in total. The normalized spacial score (nSPS) is 10.5. The van der Waals surface area contributed by atoms with E-state index in [0.29, 0.717) is 36.0 Å². The molecule has 8 nitrogen and oxygen atoms in total. The van der Waals surface area contributed by atoms with Gasteiger partial charge in [0.05, 0.1) is 0 Å². The third-order valence-corrected chi connectivity index (χ3v) is 3.49. The Bertz CT molecular complexity index is 825. The van der Waals surface area contributed by atoms with Crippen LogP contribution >= 0.6 is 0 Å². The Balaban J connectivity index is 2.36. The Morgan fingerprint density at radius 3 is 2.25 bits per heavy atom. The molecule has 0 unspecified atom stereocenters. The summed E-state index contributed by atoms with van der Waals surface area (Å²) in [6, 6.07) is 6.46. The maximum atomic E-state index is 11.6. The highest BCUT2D eigenvalue weighted by Crippen LogP contribution is 2.22. The minimum Gasteiger partial charge on any atom is -0.422 e. The van der Waals surface area contributed by atoms with Crippen molar-refractivity contribution in [3.63, 3.8) is 0 Å². The van der Waals surface area contributed by atoms with E-state index in [-0.39, 0.29) is 18.4 Å². The van der Waals surface area contributed by atoms with Crippen LogP contribution in [0.1, 0.15) is 23.2 Å². The van der Waals surface area contributed by atoms with Gasteiger partial charge in [0.1, 0.15) is 11.1 Å². The van der Waals surface area contributed by atoms with E-state index in [4.69, 9.17) is 15.9 Å². The van der Waals surface area contributed by atoms with Crippen molar-refractivity contribution in [1.82, 2.24) is 0 Å². The SMILES string of the molecule is NC(=O)CCN(CCC(N)=O)c1ccc2cc(C=O)c(=O)oc2c1. The second-order valence-corrected chi connectivity index (χ2v) is 5.25. The van der Waals surface area contributed by atoms with Crippen molar-refractivity contribution in [3.05, 3.63) is 40.2 Å². The van der Waals surface area contributed by atoms with Gasteiger partial charge in [0.15, 0.2) is 6.29 Å². The topological polar surface area (TPSA) is 137 Å². The summed E-state index contributed by atoms with van der Waals surface area (Å²) in [5, 5.41) is 0.588. The molecule has 0 bridgehead atoms. The number of nitrogens with two attached hydrogens (primary N) is 2. The molecule has 0 atom stereocenters. The number of benzene rings is 1. The fraction of sp³-hybridized carbons (Fsp3) is 0.250. The minimum atomic E-state index is -0.726. The Morgan fingerprint density at radius 2 is 1.71 bits per heavy atom. The van der Waals surface area contributed by atoms with Crippen molar-refractivity contribution in [1.29, 1.82) is 0 Å². The van der Waals surface area contributed by atoms with Crippen LogP contribution in [0.3, 0.4) is 0 Å². The molecule has 2 rings (SSSR count). The molecule has 0 fully saturated rings. The average molecular weight is 331 g/mol. The quantitative estimate of drug-likeness (QED) is 0.522. The molecule has 0 aliphatic rings. The van der Waals surface area contributed by atoms with Crippen LogP contribution in [0.15, 0.2) is 33.5 Å². The van der Waals surface area contributed by atoms with Crippen LogP contribution in [0.25, 0.3) is 11.0 Å². The van der Waals surface area contributed by atoms with Gasteiger partial charge < -0.3 is 20.8 Å². The first-order valence-corrected chi connectivity index (χ1v) is 7.25. The first-order chi connectivity index (χ1) is 11.4. The number of amides is 2. The molecule has 0 aliphatic heterocycles. The fourth-order valence-electron chi connectivity index (χ4n) is 2.26. The van der Waals surface area contributed by atoms with Crippen molar-refractivity contribution in [2.24, 2.45) is 11.5 Å². The highest BCUT2D eigenvalue weighted by molar-refractivity contribution is 5.86. The van der Waals surface area contributed by atoms with Crippen molar-refractivity contribution in [2.45, 2.75) is 12.8 Å². The predicted octanol–water partition coefficient (Wildman–Crippen LogP) is 0.163. The van der Waals surface area contributed by atoms with Gasteiger partial charge in [-0.1, -0.05) is 0 Å². The zero-order valence-electron chi connectivity index (χ0n) is 12.9. The molecular weight excluding hydrogens is 314 g/mol. The molecule has 126 valence electrons. The molecule has 0 saturated carbocycles. The molecule has 0 saturated heterocycles. The summed E-state index contributed by atoms with van der Waals surface area (Å²) in [4.78, 5) is 46.2. The molecule has 0 aliphatic carbocycles. The van der Waals surface area contributed by atoms with Crippen molar-refractivity contribution >= 4 is 34.8 Å². The van der Waals surface area contributed by atoms with Gasteiger partial charge in [0, 0.05) is 43.1 Å². The third-order valence-electron chi connectivity index (χ3n) is 3.49. The number of hydrogen-bond donors (Lipinski definition) is 2. The molecule has 1 heterocycles. The zero-order valence-corrected chi connectivity index (χ0v) is 12.9. The van der Waals surface area contributed by atoms with E-state index < -0.39 is 17.4 Å². The van der Waals surface area contributed by atoms with Crippen LogP contribution in [0.4, 0.5) is 5.69 Å². The van der Waals surface area contributed by atoms with Crippen molar-refractivity contribution in [3.8, 4) is 0 Å². The molecule has 1 aromatic heterocycles. The summed E-state index contributed by atoms with van der Waals surface area (Å²) >= 11 is 0. The molecule has 2 aromatic rings. The van der Waals surface area contributed by atoms with E-state index in [0.717, 1.165) is 0 Å². The van der Waals surface area contributed by atoms with Gasteiger partial charge in [0.25, 0.3) is 0 Å². The van der Waals surface area contributed by atoms with Gasteiger partial charge in [-0.05, 0) is 18.2 Å². The van der Waals surface area contributed by atoms with Gasteiger partial charge >= 0.3 is 5.63 Å². The molecule has 0 radical (unpaired) electrons. The van der Waals surface area contributed by atoms with Crippen molar-refractivity contribution in [2.75, 3.05) is 18.0 Å². The van der Waals surface area contributed by atoms with Crippen LogP contribution in [0.5, 0.6) is 0 Å². The molecule has 0 spiro atoms. The second kappa shape index (κ2) is 7.40. The Labute approximate surface area is 137 Å². The van der Waals surface area contributed by atoms with E-state index in [9.17, 15) is 19.2 Å². The number of nitrogens with zero attached hydrogens (tertiary/aromatic N) is 1. The van der Waals surface area contributed by atoms with E-state index in [1.807, 2.05) is 0 Å². The smallest absolute Gasteiger partial charge is 0.346 e. The van der Waals surface area contributed by atoms with Crippen LogP contribution in [-0.2, 0) is 9.59 Å². The lowest BCUT2D eigenvalue weighted by atomic mass is 10.1. The lowest BCUT2D eigenvalue weighted by Crippen LogP contribution is -2.31. The van der Waals surface area contributed by atoms with Gasteiger partial charge in [-0.3, -0.25) is 14.4 Å². The van der Waals surface area contributed by atoms with E-state index in [2.05, 4.69) is 0 Å². The molecule has 2 amide bonds. The number of rotatable bonds is 8. The van der Waals surface area contributed by atoms with Gasteiger partial charge in [-0.15, -0.1) is 0 Å². The van der Waals surface area contributed by atoms with E-state index >= 15 is 0 Å². The van der Waals surface area contributed by atoms with Gasteiger partial charge in [-0.2, -0.15) is 0 Å². The summed E-state index contributed by atoms with van der Waals surface area (Å²) in [5.41, 5.74) is 10.5. The van der Waals surface area contributed by atoms with E-state index in [1.54, 1.807) is 23.1 Å². The second-order valence-electron chi connectivity index (χ2n) is 5.25. The fourth-order valence-corrected chi connectivity index (χ4v) is 2.26. The highest BCUT2D eigenvalue weighted by atomic mass is 16.4. The lowest BCUT2D eigenvalue weighted by Gasteiger charge is -2.24. The standard InChI is InChI=1S/C16H17N3O5/c17-14(21)3-5-19(6-4-15(18)22)12-2-1-10-7-11(9-20)16(23)24-13(10)8-12/h1-2,7-9H,3-6H2,(H2,17,21)(H2,18,22).